The molecule has 0 saturated carbocycles. The first-order chi connectivity index (χ1) is 14.7. The smallest absolute Gasteiger partial charge is 0.238 e. The maximum absolute atomic E-state index is 12.4. The summed E-state index contributed by atoms with van der Waals surface area (Å²) in [6, 6.07) is 11.3. The van der Waals surface area contributed by atoms with Gasteiger partial charge in [0.05, 0.1) is 26.0 Å². The molecule has 0 aliphatic carbocycles. The summed E-state index contributed by atoms with van der Waals surface area (Å²) >= 11 is 1.66. The molecule has 1 N–H and O–H groups in total. The van der Waals surface area contributed by atoms with Crippen LogP contribution in [0.4, 0.5) is 5.69 Å². The van der Waals surface area contributed by atoms with Crippen LogP contribution in [0.3, 0.4) is 0 Å². The lowest BCUT2D eigenvalue weighted by Gasteiger charge is -2.33. The zero-order valence-electron chi connectivity index (χ0n) is 17.0. The quantitative estimate of drug-likeness (QED) is 0.594. The molecule has 1 fully saturated rings. The van der Waals surface area contributed by atoms with Crippen molar-refractivity contribution in [2.45, 2.75) is 13.5 Å². The van der Waals surface area contributed by atoms with E-state index in [0.29, 0.717) is 13.2 Å². The van der Waals surface area contributed by atoms with Crippen molar-refractivity contribution < 1.29 is 13.9 Å². The minimum absolute atomic E-state index is 0.00984. The highest BCUT2D eigenvalue weighted by Crippen LogP contribution is 2.23. The molecule has 1 aliphatic heterocycles. The number of carbonyl (C=O) groups is 1. The molecular weight excluding hydrogens is 400 g/mol. The van der Waals surface area contributed by atoms with Gasteiger partial charge < -0.3 is 14.5 Å². The number of ether oxygens (including phenoxy) is 1. The zero-order chi connectivity index (χ0) is 20.8. The van der Waals surface area contributed by atoms with Gasteiger partial charge in [-0.05, 0) is 43.3 Å². The number of amides is 1. The van der Waals surface area contributed by atoms with Crippen LogP contribution < -0.4 is 10.1 Å². The third kappa shape index (κ3) is 5.47. The highest BCUT2D eigenvalue weighted by atomic mass is 32.1. The number of nitrogens with zero attached hydrogens (tertiary/aromatic N) is 3. The van der Waals surface area contributed by atoms with Gasteiger partial charge in [-0.15, -0.1) is 11.3 Å². The maximum atomic E-state index is 12.4. The van der Waals surface area contributed by atoms with E-state index >= 15 is 0 Å². The number of hydrogen-bond acceptors (Lipinski definition) is 7. The summed E-state index contributed by atoms with van der Waals surface area (Å²) in [5.74, 6) is 1.62. The molecule has 8 heteroatoms. The number of furan rings is 1. The summed E-state index contributed by atoms with van der Waals surface area (Å²) in [6.07, 6.45) is 1.67. The van der Waals surface area contributed by atoms with Gasteiger partial charge in [0, 0.05) is 37.2 Å². The first kappa shape index (κ1) is 20.6. The third-order valence-electron chi connectivity index (χ3n) is 4.97. The van der Waals surface area contributed by atoms with Crippen LogP contribution in [0.1, 0.15) is 11.9 Å². The average Bonchev–Trinajstić information content (AvgIpc) is 3.43. The number of piperazine rings is 1. The van der Waals surface area contributed by atoms with Gasteiger partial charge in [-0.25, -0.2) is 4.98 Å². The lowest BCUT2D eigenvalue weighted by Crippen LogP contribution is -2.48. The van der Waals surface area contributed by atoms with Crippen molar-refractivity contribution in [2.75, 3.05) is 44.6 Å². The molecule has 4 rings (SSSR count). The van der Waals surface area contributed by atoms with Gasteiger partial charge in [-0.3, -0.25) is 14.6 Å². The topological polar surface area (TPSA) is 70.8 Å². The third-order valence-corrected chi connectivity index (χ3v) is 5.80. The summed E-state index contributed by atoms with van der Waals surface area (Å²) in [7, 11) is 0. The Kier molecular flexibility index (Phi) is 6.78. The fraction of sp³-hybridized carbons (Fsp3) is 0.364. The second-order valence-electron chi connectivity index (χ2n) is 7.16. The van der Waals surface area contributed by atoms with Crippen LogP contribution in [0.5, 0.6) is 5.75 Å². The van der Waals surface area contributed by atoms with Crippen LogP contribution in [0, 0.1) is 0 Å². The van der Waals surface area contributed by atoms with E-state index in [4.69, 9.17) is 9.15 Å². The first-order valence-electron chi connectivity index (χ1n) is 10.2. The summed E-state index contributed by atoms with van der Waals surface area (Å²) in [4.78, 5) is 21.6. The standard InChI is InChI=1S/C22H26N4O3S/c1-2-28-18-7-5-17(6-8-18)23-21(27)14-25-9-11-26(12-10-25)15-22-24-19(16-30-22)20-4-3-13-29-20/h3-8,13,16H,2,9-12,14-15H2,1H3,(H,23,27). The summed E-state index contributed by atoms with van der Waals surface area (Å²) in [5.41, 5.74) is 1.68. The van der Waals surface area contributed by atoms with Crippen molar-refractivity contribution >= 4 is 22.9 Å². The highest BCUT2D eigenvalue weighted by molar-refractivity contribution is 7.09. The van der Waals surface area contributed by atoms with Gasteiger partial charge >= 0.3 is 0 Å². The van der Waals surface area contributed by atoms with E-state index in [1.165, 1.54) is 0 Å². The Bertz CT molecular complexity index is 932. The van der Waals surface area contributed by atoms with Crippen molar-refractivity contribution in [3.05, 3.63) is 53.0 Å². The van der Waals surface area contributed by atoms with Gasteiger partial charge in [0.1, 0.15) is 16.5 Å². The van der Waals surface area contributed by atoms with Gasteiger partial charge in [0.2, 0.25) is 5.91 Å². The summed E-state index contributed by atoms with van der Waals surface area (Å²) in [5, 5.41) is 6.08. The molecule has 0 radical (unpaired) electrons. The molecule has 3 aromatic rings. The Hall–Kier alpha value is -2.68. The number of thiazole rings is 1. The Morgan fingerprint density at radius 2 is 1.93 bits per heavy atom. The van der Waals surface area contributed by atoms with Gasteiger partial charge in [0.25, 0.3) is 0 Å². The number of rotatable bonds is 8. The van der Waals surface area contributed by atoms with E-state index in [1.807, 2.05) is 48.7 Å². The van der Waals surface area contributed by atoms with E-state index in [0.717, 1.165) is 60.6 Å². The van der Waals surface area contributed by atoms with Crippen molar-refractivity contribution in [3.63, 3.8) is 0 Å². The molecule has 30 heavy (non-hydrogen) atoms. The van der Waals surface area contributed by atoms with E-state index in [-0.39, 0.29) is 5.91 Å². The van der Waals surface area contributed by atoms with Crippen LogP contribution in [0.25, 0.3) is 11.5 Å². The van der Waals surface area contributed by atoms with E-state index < -0.39 is 0 Å². The number of nitrogens with one attached hydrogen (secondary N) is 1. The number of aromatic nitrogens is 1. The lowest BCUT2D eigenvalue weighted by molar-refractivity contribution is -0.117. The minimum atomic E-state index is 0.00984. The second-order valence-corrected chi connectivity index (χ2v) is 8.10. The van der Waals surface area contributed by atoms with Crippen LogP contribution in [0.2, 0.25) is 0 Å². The molecular formula is C22H26N4O3S. The molecule has 158 valence electrons. The van der Waals surface area contributed by atoms with Crippen molar-refractivity contribution in [2.24, 2.45) is 0 Å². The normalized spacial score (nSPS) is 15.2. The molecule has 1 aliphatic rings. The summed E-state index contributed by atoms with van der Waals surface area (Å²) in [6.45, 7) is 7.40. The number of anilines is 1. The Morgan fingerprint density at radius 3 is 2.63 bits per heavy atom. The maximum Gasteiger partial charge on any atom is 0.238 e. The average molecular weight is 427 g/mol. The van der Waals surface area contributed by atoms with Crippen molar-refractivity contribution in [1.82, 2.24) is 14.8 Å². The van der Waals surface area contributed by atoms with Crippen LogP contribution >= 0.6 is 11.3 Å². The molecule has 0 bridgehead atoms. The predicted octanol–water partition coefficient (Wildman–Crippen LogP) is 3.56. The molecule has 0 unspecified atom stereocenters. The molecule has 1 saturated heterocycles. The monoisotopic (exact) mass is 426 g/mol. The first-order valence-corrected chi connectivity index (χ1v) is 11.0. The summed E-state index contributed by atoms with van der Waals surface area (Å²) < 4.78 is 10.8. The molecule has 1 aromatic carbocycles. The van der Waals surface area contributed by atoms with Crippen LogP contribution in [-0.2, 0) is 11.3 Å². The Labute approximate surface area is 180 Å². The molecule has 2 aromatic heterocycles. The van der Waals surface area contributed by atoms with Crippen LogP contribution in [0.15, 0.2) is 52.5 Å². The fourth-order valence-electron chi connectivity index (χ4n) is 3.42. The Balaban J connectivity index is 1.20. The SMILES string of the molecule is CCOc1ccc(NC(=O)CN2CCN(Cc3nc(-c4ccco4)cs3)CC2)cc1. The predicted molar refractivity (Wildman–Crippen MR) is 118 cm³/mol. The molecule has 1 amide bonds. The van der Waals surface area contributed by atoms with Gasteiger partial charge in [-0.1, -0.05) is 0 Å². The van der Waals surface area contributed by atoms with Crippen LogP contribution in [-0.4, -0.2) is 60.0 Å². The van der Waals surface area contributed by atoms with E-state index in [9.17, 15) is 4.79 Å². The van der Waals surface area contributed by atoms with E-state index in [1.54, 1.807) is 17.6 Å². The fourth-order valence-corrected chi connectivity index (χ4v) is 4.25. The second kappa shape index (κ2) is 9.88. The number of hydrogen-bond donors (Lipinski definition) is 1. The minimum Gasteiger partial charge on any atom is -0.494 e. The lowest BCUT2D eigenvalue weighted by atomic mass is 10.3. The molecule has 0 atom stereocenters. The Morgan fingerprint density at radius 1 is 1.17 bits per heavy atom. The number of carbonyl (C=O) groups excluding carboxylic acids is 1. The zero-order valence-corrected chi connectivity index (χ0v) is 17.9. The van der Waals surface area contributed by atoms with Gasteiger partial charge in [0.15, 0.2) is 5.76 Å². The van der Waals surface area contributed by atoms with Crippen molar-refractivity contribution in [3.8, 4) is 17.2 Å². The van der Waals surface area contributed by atoms with Gasteiger partial charge in [-0.2, -0.15) is 0 Å². The van der Waals surface area contributed by atoms with E-state index in [2.05, 4.69) is 20.1 Å². The molecule has 3 heterocycles. The molecule has 0 spiro atoms. The number of benzene rings is 1. The van der Waals surface area contributed by atoms with Crippen molar-refractivity contribution in [1.29, 1.82) is 0 Å². The largest absolute Gasteiger partial charge is 0.494 e. The molecule has 7 nitrogen and oxygen atoms in total. The highest BCUT2D eigenvalue weighted by Gasteiger charge is 2.20.